The van der Waals surface area contributed by atoms with Crippen LogP contribution in [-0.2, 0) is 4.79 Å². The van der Waals surface area contributed by atoms with E-state index in [1.54, 1.807) is 13.0 Å². The number of nitrogens with one attached hydrogen (secondary N) is 1. The van der Waals surface area contributed by atoms with E-state index in [-0.39, 0.29) is 18.0 Å². The molecule has 0 aliphatic heterocycles. The molecule has 94 valence electrons. The molecular weight excluding hydrogens is 225 g/mol. The standard InChI is InChI=1S/C12H16FNO3/c1-7-4-3-5-9(13)11(7)12(17)10(16)6-14-8(2)15/h3-5,10,12,16-17H,6H2,1-2H3,(H,14,15). The Morgan fingerprint density at radius 2 is 2.12 bits per heavy atom. The lowest BCUT2D eigenvalue weighted by Crippen LogP contribution is -2.34. The summed E-state index contributed by atoms with van der Waals surface area (Å²) < 4.78 is 13.5. The van der Waals surface area contributed by atoms with Crippen LogP contribution in [0.1, 0.15) is 24.2 Å². The highest BCUT2D eigenvalue weighted by atomic mass is 19.1. The van der Waals surface area contributed by atoms with Gasteiger partial charge in [0.1, 0.15) is 18.0 Å². The number of carbonyl (C=O) groups is 1. The van der Waals surface area contributed by atoms with Gasteiger partial charge in [0.25, 0.3) is 0 Å². The van der Waals surface area contributed by atoms with Crippen LogP contribution in [0.5, 0.6) is 0 Å². The Morgan fingerprint density at radius 3 is 2.65 bits per heavy atom. The highest BCUT2D eigenvalue weighted by Gasteiger charge is 2.23. The van der Waals surface area contributed by atoms with Gasteiger partial charge in [0.2, 0.25) is 5.91 Å². The summed E-state index contributed by atoms with van der Waals surface area (Å²) in [5.74, 6) is -0.888. The maximum Gasteiger partial charge on any atom is 0.216 e. The van der Waals surface area contributed by atoms with E-state index in [1.165, 1.54) is 19.1 Å². The van der Waals surface area contributed by atoms with Crippen molar-refractivity contribution in [3.8, 4) is 0 Å². The van der Waals surface area contributed by atoms with Gasteiger partial charge in [-0.3, -0.25) is 4.79 Å². The van der Waals surface area contributed by atoms with Gasteiger partial charge in [-0.2, -0.15) is 0 Å². The Labute approximate surface area is 99.1 Å². The maximum absolute atomic E-state index is 13.5. The first-order valence-corrected chi connectivity index (χ1v) is 5.29. The average molecular weight is 241 g/mol. The minimum Gasteiger partial charge on any atom is -0.388 e. The first kappa shape index (κ1) is 13.6. The van der Waals surface area contributed by atoms with E-state index >= 15 is 0 Å². The lowest BCUT2D eigenvalue weighted by Gasteiger charge is -2.20. The second kappa shape index (κ2) is 5.75. The Hall–Kier alpha value is -1.46. The first-order chi connectivity index (χ1) is 7.93. The number of benzene rings is 1. The molecule has 0 aromatic heterocycles. The molecule has 1 amide bonds. The fourth-order valence-corrected chi connectivity index (χ4v) is 1.57. The number of halogens is 1. The molecule has 0 heterocycles. The summed E-state index contributed by atoms with van der Waals surface area (Å²) in [6, 6.07) is 4.39. The van der Waals surface area contributed by atoms with Crippen molar-refractivity contribution in [1.29, 1.82) is 0 Å². The third-order valence-electron chi connectivity index (χ3n) is 2.49. The molecule has 0 aliphatic rings. The van der Waals surface area contributed by atoms with Gasteiger partial charge < -0.3 is 15.5 Å². The molecule has 2 unspecified atom stereocenters. The van der Waals surface area contributed by atoms with Crippen molar-refractivity contribution in [3.63, 3.8) is 0 Å². The first-order valence-electron chi connectivity index (χ1n) is 5.29. The van der Waals surface area contributed by atoms with Crippen LogP contribution in [0.3, 0.4) is 0 Å². The number of aryl methyl sites for hydroxylation is 1. The third kappa shape index (κ3) is 3.51. The van der Waals surface area contributed by atoms with Crippen LogP contribution in [0, 0.1) is 12.7 Å². The van der Waals surface area contributed by atoms with Gasteiger partial charge >= 0.3 is 0 Å². The number of hydrogen-bond acceptors (Lipinski definition) is 3. The fourth-order valence-electron chi connectivity index (χ4n) is 1.57. The van der Waals surface area contributed by atoms with Gasteiger partial charge in [0.15, 0.2) is 0 Å². The number of rotatable bonds is 4. The van der Waals surface area contributed by atoms with Crippen molar-refractivity contribution < 1.29 is 19.4 Å². The summed E-state index contributed by atoms with van der Waals surface area (Å²) in [6.45, 7) is 2.82. The van der Waals surface area contributed by atoms with Crippen molar-refractivity contribution in [3.05, 3.63) is 35.1 Å². The van der Waals surface area contributed by atoms with Crippen LogP contribution in [0.2, 0.25) is 0 Å². The number of carbonyl (C=O) groups excluding carboxylic acids is 1. The molecule has 3 N–H and O–H groups in total. The highest BCUT2D eigenvalue weighted by Crippen LogP contribution is 2.23. The molecule has 4 nitrogen and oxygen atoms in total. The zero-order chi connectivity index (χ0) is 13.0. The van der Waals surface area contributed by atoms with E-state index in [0.717, 1.165) is 0 Å². The summed E-state index contributed by atoms with van der Waals surface area (Å²) in [5, 5.41) is 21.8. The molecule has 2 atom stereocenters. The average Bonchev–Trinajstić information content (AvgIpc) is 2.25. The second-order valence-corrected chi connectivity index (χ2v) is 3.92. The van der Waals surface area contributed by atoms with Crippen LogP contribution in [0.15, 0.2) is 18.2 Å². The fraction of sp³-hybridized carbons (Fsp3) is 0.417. The molecule has 0 aliphatic carbocycles. The maximum atomic E-state index is 13.5. The monoisotopic (exact) mass is 241 g/mol. The molecule has 0 bridgehead atoms. The van der Waals surface area contributed by atoms with Crippen molar-refractivity contribution in [2.24, 2.45) is 0 Å². The highest BCUT2D eigenvalue weighted by molar-refractivity contribution is 5.72. The minimum absolute atomic E-state index is 0.0605. The Morgan fingerprint density at radius 1 is 1.47 bits per heavy atom. The summed E-state index contributed by atoms with van der Waals surface area (Å²) >= 11 is 0. The lowest BCUT2D eigenvalue weighted by molar-refractivity contribution is -0.119. The van der Waals surface area contributed by atoms with Gasteiger partial charge in [-0.25, -0.2) is 4.39 Å². The van der Waals surface area contributed by atoms with Crippen LogP contribution < -0.4 is 5.32 Å². The zero-order valence-corrected chi connectivity index (χ0v) is 9.77. The van der Waals surface area contributed by atoms with Gasteiger partial charge in [-0.1, -0.05) is 12.1 Å². The Kier molecular flexibility index (Phi) is 4.60. The van der Waals surface area contributed by atoms with E-state index in [0.29, 0.717) is 5.56 Å². The normalized spacial score (nSPS) is 14.2. The van der Waals surface area contributed by atoms with Crippen LogP contribution in [-0.4, -0.2) is 28.8 Å². The Bertz CT molecular complexity index is 388. The van der Waals surface area contributed by atoms with E-state index in [4.69, 9.17) is 0 Å². The summed E-state index contributed by atoms with van der Waals surface area (Å²) in [6.07, 6.45) is -2.60. The molecule has 0 spiro atoms. The molecule has 0 saturated carbocycles. The number of aliphatic hydroxyl groups excluding tert-OH is 2. The van der Waals surface area contributed by atoms with Crippen molar-refractivity contribution in [1.82, 2.24) is 5.32 Å². The molecule has 17 heavy (non-hydrogen) atoms. The molecule has 1 aromatic carbocycles. The third-order valence-corrected chi connectivity index (χ3v) is 2.49. The SMILES string of the molecule is CC(=O)NCC(O)C(O)c1c(C)cccc1F. The van der Waals surface area contributed by atoms with Crippen LogP contribution >= 0.6 is 0 Å². The van der Waals surface area contributed by atoms with E-state index < -0.39 is 18.0 Å². The molecule has 0 saturated heterocycles. The van der Waals surface area contributed by atoms with Gasteiger partial charge in [-0.15, -0.1) is 0 Å². The molecule has 5 heteroatoms. The Balaban J connectivity index is 2.81. The summed E-state index contributed by atoms with van der Waals surface area (Å²) in [7, 11) is 0. The van der Waals surface area contributed by atoms with E-state index in [1.807, 2.05) is 0 Å². The van der Waals surface area contributed by atoms with Gasteiger partial charge in [-0.05, 0) is 18.6 Å². The quantitative estimate of drug-likeness (QED) is 0.725. The van der Waals surface area contributed by atoms with Crippen molar-refractivity contribution >= 4 is 5.91 Å². The van der Waals surface area contributed by atoms with E-state index in [9.17, 15) is 19.4 Å². The molecule has 0 radical (unpaired) electrons. The topological polar surface area (TPSA) is 69.6 Å². The van der Waals surface area contributed by atoms with E-state index in [2.05, 4.69) is 5.32 Å². The largest absolute Gasteiger partial charge is 0.388 e. The lowest BCUT2D eigenvalue weighted by atomic mass is 9.99. The van der Waals surface area contributed by atoms with Crippen LogP contribution in [0.4, 0.5) is 4.39 Å². The second-order valence-electron chi connectivity index (χ2n) is 3.92. The minimum atomic E-state index is -1.36. The van der Waals surface area contributed by atoms with Crippen molar-refractivity contribution in [2.45, 2.75) is 26.1 Å². The zero-order valence-electron chi connectivity index (χ0n) is 9.77. The molecular formula is C12H16FNO3. The number of aliphatic hydroxyl groups is 2. The molecule has 1 aromatic rings. The van der Waals surface area contributed by atoms with Crippen molar-refractivity contribution in [2.75, 3.05) is 6.54 Å². The predicted molar refractivity (Wildman–Crippen MR) is 60.8 cm³/mol. The summed E-state index contributed by atoms with van der Waals surface area (Å²) in [5.41, 5.74) is 0.615. The smallest absolute Gasteiger partial charge is 0.216 e. The van der Waals surface area contributed by atoms with Gasteiger partial charge in [0.05, 0.1) is 0 Å². The number of hydrogen-bond donors (Lipinski definition) is 3. The molecule has 0 fully saturated rings. The summed E-state index contributed by atoms with van der Waals surface area (Å²) in [4.78, 5) is 10.7. The van der Waals surface area contributed by atoms with Crippen LogP contribution in [0.25, 0.3) is 0 Å². The molecule has 1 rings (SSSR count). The van der Waals surface area contributed by atoms with Gasteiger partial charge in [0, 0.05) is 19.0 Å². The number of amides is 1. The predicted octanol–water partition coefficient (Wildman–Crippen LogP) is 0.665.